The zero-order valence-electron chi connectivity index (χ0n) is 29.5. The Morgan fingerprint density at radius 1 is 1.18 bits per heavy atom. The summed E-state index contributed by atoms with van der Waals surface area (Å²) in [6.07, 6.45) is 1.15. The van der Waals surface area contributed by atoms with Crippen LogP contribution in [0.2, 0.25) is 0 Å². The number of alkyl carbamates (subject to hydrolysis) is 1. The molecule has 272 valence electrons. The van der Waals surface area contributed by atoms with E-state index in [0.717, 1.165) is 52.9 Å². The maximum atomic E-state index is 14.0. The van der Waals surface area contributed by atoms with Crippen LogP contribution in [0, 0.1) is 5.92 Å². The second-order valence-corrected chi connectivity index (χ2v) is 14.8. The largest absolute Gasteiger partial charge is 0.489 e. The SMILES string of the molecule is Cn1c(-c2cc3cccc(OCC4COCCN4C(=O)O)c3n2CC2CC2)nc2cc3c(cc21)CCN(CC(CF)NC(=O)OC(C)(C)C)C3=O. The first kappa shape index (κ1) is 34.6. The maximum Gasteiger partial charge on any atom is 0.408 e. The molecule has 14 heteroatoms. The Bertz CT molecular complexity index is 1980. The van der Waals surface area contributed by atoms with Gasteiger partial charge in [0.15, 0.2) is 5.82 Å². The van der Waals surface area contributed by atoms with Crippen molar-refractivity contribution in [2.24, 2.45) is 13.0 Å². The average molecular weight is 705 g/mol. The first-order chi connectivity index (χ1) is 24.4. The molecule has 2 atom stereocenters. The molecule has 2 aliphatic heterocycles. The van der Waals surface area contributed by atoms with E-state index in [2.05, 4.69) is 20.5 Å². The number of carboxylic acid groups (broad SMARTS) is 1. The van der Waals surface area contributed by atoms with Crippen molar-refractivity contribution in [3.63, 3.8) is 0 Å². The van der Waals surface area contributed by atoms with Gasteiger partial charge in [0, 0.05) is 44.2 Å². The van der Waals surface area contributed by atoms with Crippen molar-refractivity contribution in [2.45, 2.75) is 64.3 Å². The summed E-state index contributed by atoms with van der Waals surface area (Å²) in [5, 5.41) is 13.2. The number of aryl methyl sites for hydroxylation is 1. The van der Waals surface area contributed by atoms with E-state index in [4.69, 9.17) is 19.2 Å². The van der Waals surface area contributed by atoms with Gasteiger partial charge in [-0.15, -0.1) is 0 Å². The molecule has 3 aliphatic rings. The van der Waals surface area contributed by atoms with Crippen LogP contribution >= 0.6 is 0 Å². The average Bonchev–Trinajstić information content (AvgIpc) is 3.76. The van der Waals surface area contributed by atoms with Crippen molar-refractivity contribution in [3.8, 4) is 17.3 Å². The van der Waals surface area contributed by atoms with E-state index >= 15 is 0 Å². The highest BCUT2D eigenvalue weighted by atomic mass is 19.1. The van der Waals surface area contributed by atoms with Crippen molar-refractivity contribution in [2.75, 3.05) is 46.1 Å². The summed E-state index contributed by atoms with van der Waals surface area (Å²) in [7, 11) is 1.97. The Labute approximate surface area is 295 Å². The second-order valence-electron chi connectivity index (χ2n) is 14.8. The highest BCUT2D eigenvalue weighted by Crippen LogP contribution is 2.39. The molecule has 2 aromatic heterocycles. The van der Waals surface area contributed by atoms with Crippen LogP contribution in [0.4, 0.5) is 14.0 Å². The van der Waals surface area contributed by atoms with Crippen LogP contribution in [0.5, 0.6) is 5.75 Å². The summed E-state index contributed by atoms with van der Waals surface area (Å²) < 4.78 is 35.5. The number of benzene rings is 2. The number of ether oxygens (including phenoxy) is 3. The van der Waals surface area contributed by atoms with Crippen molar-refractivity contribution < 1.29 is 38.1 Å². The van der Waals surface area contributed by atoms with Gasteiger partial charge in [0.1, 0.15) is 24.6 Å². The number of imidazole rings is 1. The molecular formula is C37H45FN6O7. The number of fused-ring (bicyclic) bond motifs is 3. The Balaban J connectivity index is 1.18. The molecule has 2 unspecified atom stereocenters. The standard InChI is InChI=1S/C37H45FN6O7/c1-37(2,3)51-35(46)39-25(17-38)19-42-11-10-23-14-29-28(16-27(23)34(42)45)40-33(41(29)4)30-15-24-6-5-7-31(32(24)44(30)18-22-8-9-22)50-21-26-20-49-13-12-43(26)36(47)48/h5-7,14-16,22,25-26H,8-13,17-21H2,1-4H3,(H,39,46)(H,47,48). The van der Waals surface area contributed by atoms with E-state index in [1.54, 1.807) is 25.7 Å². The molecular weight excluding hydrogens is 659 g/mol. The number of halogens is 1. The van der Waals surface area contributed by atoms with E-state index in [9.17, 15) is 23.9 Å². The summed E-state index contributed by atoms with van der Waals surface area (Å²) in [4.78, 5) is 45.9. The maximum absolute atomic E-state index is 14.0. The molecule has 0 spiro atoms. The van der Waals surface area contributed by atoms with E-state index < -0.39 is 36.5 Å². The molecule has 2 aromatic carbocycles. The van der Waals surface area contributed by atoms with Gasteiger partial charge in [0.2, 0.25) is 0 Å². The van der Waals surface area contributed by atoms with Crippen LogP contribution in [0.3, 0.4) is 0 Å². The van der Waals surface area contributed by atoms with Gasteiger partial charge in [-0.1, -0.05) is 12.1 Å². The lowest BCUT2D eigenvalue weighted by Gasteiger charge is -2.33. The third-order valence-electron chi connectivity index (χ3n) is 9.78. The highest BCUT2D eigenvalue weighted by molar-refractivity contribution is 6.01. The van der Waals surface area contributed by atoms with Crippen LogP contribution in [0.15, 0.2) is 36.4 Å². The number of para-hydroxylation sites is 1. The summed E-state index contributed by atoms with van der Waals surface area (Å²) >= 11 is 0. The van der Waals surface area contributed by atoms with Crippen LogP contribution in [0.1, 0.15) is 49.5 Å². The minimum atomic E-state index is -0.985. The first-order valence-electron chi connectivity index (χ1n) is 17.6. The number of aromatic nitrogens is 3. The van der Waals surface area contributed by atoms with Crippen LogP contribution in [-0.2, 0) is 29.5 Å². The van der Waals surface area contributed by atoms with E-state index in [-0.39, 0.29) is 25.7 Å². The quantitative estimate of drug-likeness (QED) is 0.229. The topological polar surface area (TPSA) is 140 Å². The second kappa shape index (κ2) is 13.7. The van der Waals surface area contributed by atoms with Crippen LogP contribution in [-0.4, -0.2) is 111 Å². The summed E-state index contributed by atoms with van der Waals surface area (Å²) in [6, 6.07) is 10.5. The molecule has 13 nitrogen and oxygen atoms in total. The number of nitrogens with zero attached hydrogens (tertiary/aromatic N) is 5. The number of alkyl halides is 1. The van der Waals surface area contributed by atoms with Crippen LogP contribution in [0.25, 0.3) is 33.5 Å². The minimum Gasteiger partial charge on any atom is -0.489 e. The predicted molar refractivity (Wildman–Crippen MR) is 188 cm³/mol. The van der Waals surface area contributed by atoms with Gasteiger partial charge in [0.05, 0.1) is 47.5 Å². The van der Waals surface area contributed by atoms with E-state index in [0.29, 0.717) is 48.9 Å². The Kier molecular flexibility index (Phi) is 9.29. The number of hydrogen-bond acceptors (Lipinski definition) is 7. The summed E-state index contributed by atoms with van der Waals surface area (Å²) in [5.41, 5.74) is 4.10. The highest BCUT2D eigenvalue weighted by Gasteiger charge is 2.32. The van der Waals surface area contributed by atoms with Gasteiger partial charge in [0.25, 0.3) is 5.91 Å². The molecule has 1 saturated carbocycles. The molecule has 0 bridgehead atoms. The molecule has 2 N–H and O–H groups in total. The lowest BCUT2D eigenvalue weighted by atomic mass is 9.97. The molecule has 1 saturated heterocycles. The first-order valence-corrected chi connectivity index (χ1v) is 17.6. The Hall–Kier alpha value is -4.85. The predicted octanol–water partition coefficient (Wildman–Crippen LogP) is 5.22. The number of amides is 3. The van der Waals surface area contributed by atoms with E-state index in [1.807, 2.05) is 37.4 Å². The Morgan fingerprint density at radius 3 is 2.71 bits per heavy atom. The molecule has 2 fully saturated rings. The third kappa shape index (κ3) is 7.19. The fourth-order valence-corrected chi connectivity index (χ4v) is 7.06. The van der Waals surface area contributed by atoms with Gasteiger partial charge < -0.3 is 38.7 Å². The molecule has 3 amide bonds. The Morgan fingerprint density at radius 2 is 1.98 bits per heavy atom. The molecule has 4 aromatic rings. The normalized spacial score (nSPS) is 18.6. The zero-order chi connectivity index (χ0) is 36.0. The monoisotopic (exact) mass is 704 g/mol. The van der Waals surface area contributed by atoms with Crippen molar-refractivity contribution >= 4 is 40.0 Å². The van der Waals surface area contributed by atoms with Gasteiger partial charge in [-0.05, 0) is 75.8 Å². The van der Waals surface area contributed by atoms with Gasteiger partial charge in [-0.2, -0.15) is 0 Å². The third-order valence-corrected chi connectivity index (χ3v) is 9.78. The van der Waals surface area contributed by atoms with E-state index in [1.165, 1.54) is 4.90 Å². The number of carbonyl (C=O) groups excluding carboxylic acids is 2. The molecule has 0 radical (unpaired) electrons. The number of carbonyl (C=O) groups is 3. The molecule has 7 rings (SSSR count). The minimum absolute atomic E-state index is 0.0211. The zero-order valence-corrected chi connectivity index (χ0v) is 29.5. The fraction of sp³-hybridized carbons (Fsp3) is 0.514. The molecule has 51 heavy (non-hydrogen) atoms. The fourth-order valence-electron chi connectivity index (χ4n) is 7.06. The number of nitrogens with one attached hydrogen (secondary N) is 1. The smallest absolute Gasteiger partial charge is 0.408 e. The molecule has 1 aliphatic carbocycles. The summed E-state index contributed by atoms with van der Waals surface area (Å²) in [5.74, 6) is 1.72. The summed E-state index contributed by atoms with van der Waals surface area (Å²) in [6.45, 7) is 6.68. The lowest BCUT2D eigenvalue weighted by Crippen LogP contribution is -2.50. The van der Waals surface area contributed by atoms with Crippen LogP contribution < -0.4 is 10.1 Å². The van der Waals surface area contributed by atoms with Crippen molar-refractivity contribution in [1.29, 1.82) is 0 Å². The van der Waals surface area contributed by atoms with Gasteiger partial charge in [-0.25, -0.2) is 19.0 Å². The molecule has 4 heterocycles. The van der Waals surface area contributed by atoms with Gasteiger partial charge in [-0.3, -0.25) is 9.69 Å². The number of morpholine rings is 1. The number of hydrogen-bond donors (Lipinski definition) is 2. The number of rotatable bonds is 10. The van der Waals surface area contributed by atoms with Crippen molar-refractivity contribution in [3.05, 3.63) is 47.5 Å². The lowest BCUT2D eigenvalue weighted by molar-refractivity contribution is -0.0147. The van der Waals surface area contributed by atoms with Gasteiger partial charge >= 0.3 is 12.2 Å². The van der Waals surface area contributed by atoms with Crippen molar-refractivity contribution in [1.82, 2.24) is 29.2 Å².